The molecule has 1 heterocycles. The number of fused-ring (bicyclic) bond motifs is 1. The fourth-order valence-corrected chi connectivity index (χ4v) is 3.00. The summed E-state index contributed by atoms with van der Waals surface area (Å²) >= 11 is 0. The van der Waals surface area contributed by atoms with Crippen molar-refractivity contribution in [3.8, 4) is 0 Å². The Morgan fingerprint density at radius 2 is 2.05 bits per heavy atom. The Bertz CT molecular complexity index is 576. The minimum atomic E-state index is 0.512. The molecule has 0 spiro atoms. The van der Waals surface area contributed by atoms with Crippen LogP contribution in [0.1, 0.15) is 50.4 Å². The zero-order chi connectivity index (χ0) is 13.4. The summed E-state index contributed by atoms with van der Waals surface area (Å²) in [7, 11) is 0. The molecule has 2 heteroatoms. The van der Waals surface area contributed by atoms with Crippen molar-refractivity contribution in [3.63, 3.8) is 0 Å². The average molecular weight is 256 g/mol. The fourth-order valence-electron chi connectivity index (χ4n) is 3.00. The van der Waals surface area contributed by atoms with Crippen LogP contribution in [-0.4, -0.2) is 10.6 Å². The van der Waals surface area contributed by atoms with Crippen molar-refractivity contribution in [2.24, 2.45) is 0 Å². The topological polar surface area (TPSA) is 17.0 Å². The molecule has 0 aliphatic heterocycles. The van der Waals surface area contributed by atoms with Crippen molar-refractivity contribution in [2.45, 2.75) is 58.7 Å². The molecule has 1 aliphatic rings. The summed E-state index contributed by atoms with van der Waals surface area (Å²) in [5.74, 6) is 0. The maximum absolute atomic E-state index is 3.69. The first-order chi connectivity index (χ1) is 9.15. The molecule has 3 rings (SSSR count). The van der Waals surface area contributed by atoms with Gasteiger partial charge in [0.15, 0.2) is 0 Å². The Morgan fingerprint density at radius 3 is 2.68 bits per heavy atom. The summed E-state index contributed by atoms with van der Waals surface area (Å²) in [6.45, 7) is 7.71. The third-order valence-electron chi connectivity index (χ3n) is 4.27. The van der Waals surface area contributed by atoms with Crippen molar-refractivity contribution in [2.75, 3.05) is 0 Å². The molecule has 102 valence electrons. The molecular weight excluding hydrogens is 232 g/mol. The standard InChI is InChI=1S/C17H24N2/c1-12(2)19-16(11-18-15-5-4-6-15)10-14-8-7-13(3)9-17(14)19/h7-10,12,15,18H,4-6,11H2,1-3H3. The van der Waals surface area contributed by atoms with Gasteiger partial charge in [-0.1, -0.05) is 18.6 Å². The second-order valence-electron chi connectivity index (χ2n) is 6.17. The lowest BCUT2D eigenvalue weighted by Crippen LogP contribution is -2.35. The summed E-state index contributed by atoms with van der Waals surface area (Å²) in [6.07, 6.45) is 4.09. The molecule has 0 saturated heterocycles. The molecule has 19 heavy (non-hydrogen) atoms. The second-order valence-corrected chi connectivity index (χ2v) is 6.17. The maximum atomic E-state index is 3.69. The molecule has 1 aliphatic carbocycles. The minimum absolute atomic E-state index is 0.512. The van der Waals surface area contributed by atoms with Gasteiger partial charge >= 0.3 is 0 Å². The van der Waals surface area contributed by atoms with Gasteiger partial charge in [0.05, 0.1) is 0 Å². The van der Waals surface area contributed by atoms with Gasteiger partial charge < -0.3 is 9.88 Å². The molecule has 1 saturated carbocycles. The van der Waals surface area contributed by atoms with Crippen LogP contribution in [0.25, 0.3) is 10.9 Å². The van der Waals surface area contributed by atoms with Gasteiger partial charge in [0.25, 0.3) is 0 Å². The van der Waals surface area contributed by atoms with E-state index in [2.05, 4.69) is 54.9 Å². The van der Waals surface area contributed by atoms with Crippen LogP contribution in [0.2, 0.25) is 0 Å². The number of hydrogen-bond acceptors (Lipinski definition) is 1. The molecule has 2 aromatic rings. The van der Waals surface area contributed by atoms with E-state index < -0.39 is 0 Å². The third-order valence-corrected chi connectivity index (χ3v) is 4.27. The highest BCUT2D eigenvalue weighted by Gasteiger charge is 2.18. The molecule has 0 unspecified atom stereocenters. The molecule has 0 atom stereocenters. The van der Waals surface area contributed by atoms with Gasteiger partial charge in [0.2, 0.25) is 0 Å². The van der Waals surface area contributed by atoms with Crippen LogP contribution in [0.4, 0.5) is 0 Å². The van der Waals surface area contributed by atoms with Crippen molar-refractivity contribution in [3.05, 3.63) is 35.5 Å². The molecule has 0 bridgehead atoms. The van der Waals surface area contributed by atoms with Gasteiger partial charge in [-0.2, -0.15) is 0 Å². The molecule has 2 nitrogen and oxygen atoms in total. The van der Waals surface area contributed by atoms with E-state index in [1.54, 1.807) is 0 Å². The van der Waals surface area contributed by atoms with Crippen molar-refractivity contribution in [1.29, 1.82) is 0 Å². The number of aromatic nitrogens is 1. The highest BCUT2D eigenvalue weighted by Crippen LogP contribution is 2.26. The number of rotatable bonds is 4. The van der Waals surface area contributed by atoms with E-state index in [9.17, 15) is 0 Å². The monoisotopic (exact) mass is 256 g/mol. The van der Waals surface area contributed by atoms with E-state index in [-0.39, 0.29) is 0 Å². The van der Waals surface area contributed by atoms with E-state index >= 15 is 0 Å². The lowest BCUT2D eigenvalue weighted by atomic mass is 9.93. The zero-order valence-corrected chi connectivity index (χ0v) is 12.2. The van der Waals surface area contributed by atoms with Gasteiger partial charge in [0.1, 0.15) is 0 Å². The summed E-state index contributed by atoms with van der Waals surface area (Å²) in [5, 5.41) is 5.05. The van der Waals surface area contributed by atoms with Crippen molar-refractivity contribution >= 4 is 10.9 Å². The molecule has 1 fully saturated rings. The lowest BCUT2D eigenvalue weighted by Gasteiger charge is -2.27. The Balaban J connectivity index is 1.94. The Labute approximate surface area is 115 Å². The first-order valence-corrected chi connectivity index (χ1v) is 7.49. The van der Waals surface area contributed by atoms with Crippen LogP contribution in [0.5, 0.6) is 0 Å². The van der Waals surface area contributed by atoms with Crippen LogP contribution in [0, 0.1) is 6.92 Å². The summed E-state index contributed by atoms with van der Waals surface area (Å²) in [6, 6.07) is 10.4. The van der Waals surface area contributed by atoms with Gasteiger partial charge in [0, 0.05) is 29.8 Å². The van der Waals surface area contributed by atoms with Crippen LogP contribution in [0.3, 0.4) is 0 Å². The van der Waals surface area contributed by atoms with Crippen LogP contribution in [-0.2, 0) is 6.54 Å². The summed E-state index contributed by atoms with van der Waals surface area (Å²) < 4.78 is 2.48. The smallest absolute Gasteiger partial charge is 0.0488 e. The van der Waals surface area contributed by atoms with E-state index in [1.165, 1.54) is 41.4 Å². The maximum Gasteiger partial charge on any atom is 0.0488 e. The van der Waals surface area contributed by atoms with Gasteiger partial charge in [-0.05, 0) is 56.7 Å². The molecule has 1 aromatic heterocycles. The quantitative estimate of drug-likeness (QED) is 0.868. The molecule has 1 aromatic carbocycles. The second kappa shape index (κ2) is 5.01. The Hall–Kier alpha value is -1.28. The van der Waals surface area contributed by atoms with E-state index in [4.69, 9.17) is 0 Å². The normalized spacial score (nSPS) is 16.2. The van der Waals surface area contributed by atoms with Crippen molar-refractivity contribution < 1.29 is 0 Å². The molecule has 0 amide bonds. The number of aryl methyl sites for hydroxylation is 1. The predicted molar refractivity (Wildman–Crippen MR) is 81.5 cm³/mol. The molecular formula is C17H24N2. The first kappa shape index (κ1) is 12.7. The van der Waals surface area contributed by atoms with Gasteiger partial charge in [-0.25, -0.2) is 0 Å². The largest absolute Gasteiger partial charge is 0.341 e. The van der Waals surface area contributed by atoms with Crippen LogP contribution < -0.4 is 5.32 Å². The van der Waals surface area contributed by atoms with Crippen LogP contribution in [0.15, 0.2) is 24.3 Å². The molecule has 0 radical (unpaired) electrons. The number of nitrogens with zero attached hydrogens (tertiary/aromatic N) is 1. The van der Waals surface area contributed by atoms with Gasteiger partial charge in [-0.15, -0.1) is 0 Å². The summed E-state index contributed by atoms with van der Waals surface area (Å²) in [5.41, 5.74) is 4.13. The number of hydrogen-bond donors (Lipinski definition) is 1. The van der Waals surface area contributed by atoms with E-state index in [1.807, 2.05) is 0 Å². The fraction of sp³-hybridized carbons (Fsp3) is 0.529. The zero-order valence-electron chi connectivity index (χ0n) is 12.2. The summed E-state index contributed by atoms with van der Waals surface area (Å²) in [4.78, 5) is 0. The third kappa shape index (κ3) is 2.42. The Kier molecular flexibility index (Phi) is 3.36. The lowest BCUT2D eigenvalue weighted by molar-refractivity contribution is 0.334. The van der Waals surface area contributed by atoms with Crippen LogP contribution >= 0.6 is 0 Å². The van der Waals surface area contributed by atoms with Gasteiger partial charge in [-0.3, -0.25) is 0 Å². The van der Waals surface area contributed by atoms with E-state index in [0.29, 0.717) is 6.04 Å². The molecule has 1 N–H and O–H groups in total. The SMILES string of the molecule is Cc1ccc2cc(CNC3CCC3)n(C(C)C)c2c1. The number of nitrogens with one attached hydrogen (secondary N) is 1. The average Bonchev–Trinajstić information content (AvgIpc) is 2.64. The number of benzene rings is 1. The Morgan fingerprint density at radius 1 is 1.26 bits per heavy atom. The highest BCUT2D eigenvalue weighted by atomic mass is 15.0. The minimum Gasteiger partial charge on any atom is -0.341 e. The van der Waals surface area contributed by atoms with Crippen molar-refractivity contribution in [1.82, 2.24) is 9.88 Å². The highest BCUT2D eigenvalue weighted by molar-refractivity contribution is 5.82. The van der Waals surface area contributed by atoms with E-state index in [0.717, 1.165) is 12.6 Å². The predicted octanol–water partition coefficient (Wildman–Crippen LogP) is 4.17. The first-order valence-electron chi connectivity index (χ1n) is 7.49.